The molecule has 120 valence electrons. The van der Waals surface area contributed by atoms with E-state index in [1.807, 2.05) is 50.2 Å². The average molecular weight is 311 g/mol. The van der Waals surface area contributed by atoms with Crippen LogP contribution in [0.25, 0.3) is 6.08 Å². The van der Waals surface area contributed by atoms with Gasteiger partial charge >= 0.3 is 0 Å². The molecule has 1 N–H and O–H groups in total. The third-order valence-electron chi connectivity index (χ3n) is 3.38. The van der Waals surface area contributed by atoms with Crippen LogP contribution >= 0.6 is 0 Å². The number of carbonyl (C=O) groups is 1. The Balaban J connectivity index is 2.13. The van der Waals surface area contributed by atoms with Crippen molar-refractivity contribution < 1.29 is 14.6 Å². The van der Waals surface area contributed by atoms with E-state index in [2.05, 4.69) is 0 Å². The summed E-state index contributed by atoms with van der Waals surface area (Å²) in [5, 5.41) is 9.67. The molecule has 2 rings (SSSR count). The number of anilines is 1. The SMILES string of the molecule is CCOc1cc(C=CC(=O)c2ccc(N(C)C)cc2)ccc1O. The van der Waals surface area contributed by atoms with Crippen LogP contribution in [0.4, 0.5) is 5.69 Å². The van der Waals surface area contributed by atoms with E-state index in [1.54, 1.807) is 24.3 Å². The minimum absolute atomic E-state index is 0.0682. The van der Waals surface area contributed by atoms with Crippen molar-refractivity contribution in [2.75, 3.05) is 25.6 Å². The highest BCUT2D eigenvalue weighted by Crippen LogP contribution is 2.27. The molecule has 4 nitrogen and oxygen atoms in total. The molecule has 0 aliphatic carbocycles. The molecule has 0 spiro atoms. The van der Waals surface area contributed by atoms with E-state index >= 15 is 0 Å². The summed E-state index contributed by atoms with van der Waals surface area (Å²) in [4.78, 5) is 14.2. The minimum Gasteiger partial charge on any atom is -0.504 e. The van der Waals surface area contributed by atoms with Gasteiger partial charge in [0, 0.05) is 25.3 Å². The number of hydrogen-bond acceptors (Lipinski definition) is 4. The number of phenols is 1. The van der Waals surface area contributed by atoms with Crippen molar-refractivity contribution in [2.24, 2.45) is 0 Å². The first-order chi connectivity index (χ1) is 11.0. The van der Waals surface area contributed by atoms with E-state index in [0.29, 0.717) is 17.9 Å². The standard InChI is InChI=1S/C19H21NO3/c1-4-23-19-13-14(6-12-18(19)22)5-11-17(21)15-7-9-16(10-8-15)20(2)3/h5-13,22H,4H2,1-3H3. The first-order valence-electron chi connectivity index (χ1n) is 7.47. The topological polar surface area (TPSA) is 49.8 Å². The number of allylic oxidation sites excluding steroid dienone is 1. The number of phenolic OH excluding ortho intramolecular Hbond substituents is 1. The lowest BCUT2D eigenvalue weighted by molar-refractivity contribution is 0.104. The molecule has 4 heteroatoms. The fraction of sp³-hybridized carbons (Fsp3) is 0.211. The molecule has 2 aromatic rings. The van der Waals surface area contributed by atoms with Gasteiger partial charge in [-0.05, 0) is 55.0 Å². The van der Waals surface area contributed by atoms with Gasteiger partial charge in [0.2, 0.25) is 0 Å². The molecule has 0 aromatic heterocycles. The largest absolute Gasteiger partial charge is 0.504 e. The van der Waals surface area contributed by atoms with Gasteiger partial charge in [-0.3, -0.25) is 4.79 Å². The summed E-state index contributed by atoms with van der Waals surface area (Å²) in [6.45, 7) is 2.32. The van der Waals surface area contributed by atoms with Gasteiger partial charge in [-0.25, -0.2) is 0 Å². The maximum Gasteiger partial charge on any atom is 0.185 e. The Kier molecular flexibility index (Phi) is 5.41. The van der Waals surface area contributed by atoms with E-state index in [1.165, 1.54) is 6.08 Å². The molecule has 0 atom stereocenters. The van der Waals surface area contributed by atoms with Gasteiger partial charge in [0.05, 0.1) is 6.61 Å². The zero-order chi connectivity index (χ0) is 16.8. The number of ketones is 1. The van der Waals surface area contributed by atoms with Crippen LogP contribution in [-0.4, -0.2) is 31.6 Å². The van der Waals surface area contributed by atoms with E-state index < -0.39 is 0 Å². The molecule has 0 saturated carbocycles. The highest BCUT2D eigenvalue weighted by atomic mass is 16.5. The zero-order valence-electron chi connectivity index (χ0n) is 13.6. The van der Waals surface area contributed by atoms with Gasteiger partial charge in [-0.2, -0.15) is 0 Å². The minimum atomic E-state index is -0.0682. The predicted octanol–water partition coefficient (Wildman–Crippen LogP) is 3.75. The van der Waals surface area contributed by atoms with Gasteiger partial charge in [-0.15, -0.1) is 0 Å². The average Bonchev–Trinajstić information content (AvgIpc) is 2.55. The summed E-state index contributed by atoms with van der Waals surface area (Å²) in [5.74, 6) is 0.438. The Morgan fingerprint density at radius 2 is 1.87 bits per heavy atom. The number of ether oxygens (including phenoxy) is 1. The predicted molar refractivity (Wildman–Crippen MR) is 93.4 cm³/mol. The van der Waals surface area contributed by atoms with Crippen molar-refractivity contribution in [3.63, 3.8) is 0 Å². The van der Waals surface area contributed by atoms with Crippen molar-refractivity contribution in [3.05, 3.63) is 59.7 Å². The molecule has 0 bridgehead atoms. The molecule has 0 amide bonds. The van der Waals surface area contributed by atoms with E-state index in [9.17, 15) is 9.90 Å². The first kappa shape index (κ1) is 16.6. The number of rotatable bonds is 6. The van der Waals surface area contributed by atoms with Crippen molar-refractivity contribution in [1.29, 1.82) is 0 Å². The fourth-order valence-corrected chi connectivity index (χ4v) is 2.10. The van der Waals surface area contributed by atoms with Crippen LogP contribution in [0.15, 0.2) is 48.5 Å². The maximum absolute atomic E-state index is 12.2. The van der Waals surface area contributed by atoms with Crippen LogP contribution in [0.5, 0.6) is 11.5 Å². The lowest BCUT2D eigenvalue weighted by Crippen LogP contribution is -2.08. The van der Waals surface area contributed by atoms with Crippen molar-refractivity contribution >= 4 is 17.5 Å². The lowest BCUT2D eigenvalue weighted by Gasteiger charge is -2.11. The normalized spacial score (nSPS) is 10.7. The quantitative estimate of drug-likeness (QED) is 0.652. The second-order valence-corrected chi connectivity index (χ2v) is 5.30. The van der Waals surface area contributed by atoms with Crippen molar-refractivity contribution in [2.45, 2.75) is 6.92 Å². The number of aromatic hydroxyl groups is 1. The second-order valence-electron chi connectivity index (χ2n) is 5.30. The molecule has 2 aromatic carbocycles. The number of carbonyl (C=O) groups excluding carboxylic acids is 1. The van der Waals surface area contributed by atoms with Crippen LogP contribution in [-0.2, 0) is 0 Å². The molecule has 0 fully saturated rings. The summed E-state index contributed by atoms with van der Waals surface area (Å²) in [7, 11) is 3.91. The van der Waals surface area contributed by atoms with Crippen molar-refractivity contribution in [3.8, 4) is 11.5 Å². The summed E-state index contributed by atoms with van der Waals surface area (Å²) < 4.78 is 5.33. The number of nitrogens with zero attached hydrogens (tertiary/aromatic N) is 1. The molecule has 0 radical (unpaired) electrons. The van der Waals surface area contributed by atoms with Crippen molar-refractivity contribution in [1.82, 2.24) is 0 Å². The Bertz CT molecular complexity index is 703. The molecule has 0 aliphatic heterocycles. The molecule has 0 heterocycles. The van der Waals surface area contributed by atoms with Crippen LogP contribution in [0.2, 0.25) is 0 Å². The van der Waals surface area contributed by atoms with Gasteiger partial charge in [0.15, 0.2) is 17.3 Å². The fourth-order valence-electron chi connectivity index (χ4n) is 2.10. The maximum atomic E-state index is 12.2. The molecule has 23 heavy (non-hydrogen) atoms. The van der Waals surface area contributed by atoms with Gasteiger partial charge in [-0.1, -0.05) is 12.1 Å². The van der Waals surface area contributed by atoms with Gasteiger partial charge in [0.1, 0.15) is 0 Å². The molecule has 0 unspecified atom stereocenters. The number of benzene rings is 2. The van der Waals surface area contributed by atoms with Gasteiger partial charge in [0.25, 0.3) is 0 Å². The van der Waals surface area contributed by atoms with E-state index in [4.69, 9.17) is 4.74 Å². The zero-order valence-corrected chi connectivity index (χ0v) is 13.6. The Morgan fingerprint density at radius 1 is 1.17 bits per heavy atom. The molecular weight excluding hydrogens is 290 g/mol. The molecular formula is C19H21NO3. The highest BCUT2D eigenvalue weighted by Gasteiger charge is 2.04. The third-order valence-corrected chi connectivity index (χ3v) is 3.38. The summed E-state index contributed by atoms with van der Waals surface area (Å²) in [6, 6.07) is 12.4. The Morgan fingerprint density at radius 3 is 2.48 bits per heavy atom. The third kappa shape index (κ3) is 4.36. The molecule has 0 aliphatic rings. The molecule has 0 saturated heterocycles. The van der Waals surface area contributed by atoms with Gasteiger partial charge < -0.3 is 14.7 Å². The van der Waals surface area contributed by atoms with E-state index in [-0.39, 0.29) is 11.5 Å². The second kappa shape index (κ2) is 7.49. The summed E-state index contributed by atoms with van der Waals surface area (Å²) in [5.41, 5.74) is 2.48. The highest BCUT2D eigenvalue weighted by molar-refractivity contribution is 6.07. The monoisotopic (exact) mass is 311 g/mol. The van der Waals surface area contributed by atoms with Crippen LogP contribution in [0, 0.1) is 0 Å². The Labute approximate surface area is 136 Å². The summed E-state index contributed by atoms with van der Waals surface area (Å²) in [6.07, 6.45) is 3.23. The Hall–Kier alpha value is -2.75. The smallest absolute Gasteiger partial charge is 0.185 e. The lowest BCUT2D eigenvalue weighted by atomic mass is 10.1. The first-order valence-corrected chi connectivity index (χ1v) is 7.47. The van der Waals surface area contributed by atoms with E-state index in [0.717, 1.165) is 11.3 Å². The van der Waals surface area contributed by atoms with Crippen LogP contribution < -0.4 is 9.64 Å². The van der Waals surface area contributed by atoms with Crippen LogP contribution in [0.3, 0.4) is 0 Å². The number of hydrogen-bond donors (Lipinski definition) is 1. The summed E-state index contributed by atoms with van der Waals surface area (Å²) >= 11 is 0. The van der Waals surface area contributed by atoms with Crippen LogP contribution in [0.1, 0.15) is 22.8 Å².